The standard InChI is InChI=1S/C14H21ClN2OS/c1-4-13(14(18)16-9-10-17(2)3)19-12-7-5-11(15)6-8-12/h5-8,13H,4,9-10H2,1-3H3,(H,16,18). The molecule has 0 saturated carbocycles. The van der Waals surface area contributed by atoms with E-state index >= 15 is 0 Å². The van der Waals surface area contributed by atoms with E-state index in [0.29, 0.717) is 11.6 Å². The molecule has 0 fully saturated rings. The number of carbonyl (C=O) groups is 1. The average Bonchev–Trinajstić information content (AvgIpc) is 2.37. The highest BCUT2D eigenvalue weighted by molar-refractivity contribution is 8.00. The zero-order valence-electron chi connectivity index (χ0n) is 11.6. The Hall–Kier alpha value is -0.710. The third-order valence-electron chi connectivity index (χ3n) is 2.61. The summed E-state index contributed by atoms with van der Waals surface area (Å²) in [6.45, 7) is 3.57. The normalized spacial score (nSPS) is 12.5. The highest BCUT2D eigenvalue weighted by atomic mass is 35.5. The van der Waals surface area contributed by atoms with E-state index in [0.717, 1.165) is 17.9 Å². The average molecular weight is 301 g/mol. The molecular weight excluding hydrogens is 280 g/mol. The molecule has 1 N–H and O–H groups in total. The first-order valence-corrected chi connectivity index (χ1v) is 7.63. The molecule has 1 atom stereocenters. The topological polar surface area (TPSA) is 32.3 Å². The number of nitrogens with one attached hydrogen (secondary N) is 1. The number of hydrogen-bond donors (Lipinski definition) is 1. The van der Waals surface area contributed by atoms with Crippen molar-refractivity contribution < 1.29 is 4.79 Å². The van der Waals surface area contributed by atoms with Crippen molar-refractivity contribution in [1.82, 2.24) is 10.2 Å². The zero-order chi connectivity index (χ0) is 14.3. The number of carbonyl (C=O) groups excluding carboxylic acids is 1. The number of halogens is 1. The third-order valence-corrected chi connectivity index (χ3v) is 4.24. The zero-order valence-corrected chi connectivity index (χ0v) is 13.2. The molecule has 1 unspecified atom stereocenters. The number of likely N-dealkylation sites (N-methyl/N-ethyl adjacent to an activating group) is 1. The van der Waals surface area contributed by atoms with Gasteiger partial charge in [0, 0.05) is 23.0 Å². The molecule has 0 bridgehead atoms. The van der Waals surface area contributed by atoms with E-state index in [-0.39, 0.29) is 11.2 Å². The molecule has 0 aliphatic rings. The SMILES string of the molecule is CCC(Sc1ccc(Cl)cc1)C(=O)NCCN(C)C. The Kier molecular flexibility index (Phi) is 7.28. The summed E-state index contributed by atoms with van der Waals surface area (Å²) in [7, 11) is 3.98. The van der Waals surface area contributed by atoms with Crippen LogP contribution in [0.4, 0.5) is 0 Å². The van der Waals surface area contributed by atoms with Gasteiger partial charge in [-0.25, -0.2) is 0 Å². The second kappa shape index (κ2) is 8.46. The lowest BCUT2D eigenvalue weighted by atomic mass is 10.3. The minimum Gasteiger partial charge on any atom is -0.354 e. The fourth-order valence-electron chi connectivity index (χ4n) is 1.52. The van der Waals surface area contributed by atoms with Gasteiger partial charge >= 0.3 is 0 Å². The van der Waals surface area contributed by atoms with Crippen LogP contribution in [0.2, 0.25) is 5.02 Å². The van der Waals surface area contributed by atoms with Gasteiger partial charge in [-0.3, -0.25) is 4.79 Å². The Morgan fingerprint density at radius 3 is 2.53 bits per heavy atom. The van der Waals surface area contributed by atoms with Crippen LogP contribution < -0.4 is 5.32 Å². The fourth-order valence-corrected chi connectivity index (χ4v) is 2.62. The smallest absolute Gasteiger partial charge is 0.233 e. The van der Waals surface area contributed by atoms with Gasteiger partial charge in [0.05, 0.1) is 5.25 Å². The van der Waals surface area contributed by atoms with Crippen LogP contribution in [0, 0.1) is 0 Å². The molecule has 0 heterocycles. The van der Waals surface area contributed by atoms with Gasteiger partial charge in [0.2, 0.25) is 5.91 Å². The molecule has 5 heteroatoms. The van der Waals surface area contributed by atoms with Crippen molar-refractivity contribution in [2.45, 2.75) is 23.5 Å². The van der Waals surface area contributed by atoms with E-state index in [1.807, 2.05) is 50.2 Å². The Balaban J connectivity index is 2.48. The van der Waals surface area contributed by atoms with Crippen LogP contribution in [-0.4, -0.2) is 43.2 Å². The maximum atomic E-state index is 12.1. The fraction of sp³-hybridized carbons (Fsp3) is 0.500. The summed E-state index contributed by atoms with van der Waals surface area (Å²) in [5.74, 6) is 0.101. The minimum atomic E-state index is -0.0525. The molecule has 1 aromatic rings. The van der Waals surface area contributed by atoms with Gasteiger partial charge in [-0.1, -0.05) is 18.5 Å². The third kappa shape index (κ3) is 6.32. The van der Waals surface area contributed by atoms with E-state index in [9.17, 15) is 4.79 Å². The molecule has 3 nitrogen and oxygen atoms in total. The van der Waals surface area contributed by atoms with Crippen molar-refractivity contribution in [3.8, 4) is 0 Å². The number of rotatable bonds is 7. The Bertz CT molecular complexity index is 395. The van der Waals surface area contributed by atoms with Crippen LogP contribution in [0.15, 0.2) is 29.2 Å². The Morgan fingerprint density at radius 2 is 2.00 bits per heavy atom. The first kappa shape index (κ1) is 16.3. The van der Waals surface area contributed by atoms with Crippen LogP contribution in [0.3, 0.4) is 0 Å². The Labute approximate surface area is 124 Å². The quantitative estimate of drug-likeness (QED) is 0.786. The van der Waals surface area contributed by atoms with Crippen LogP contribution in [0.25, 0.3) is 0 Å². The lowest BCUT2D eigenvalue weighted by molar-refractivity contribution is -0.120. The highest BCUT2D eigenvalue weighted by Crippen LogP contribution is 2.26. The summed E-state index contributed by atoms with van der Waals surface area (Å²) >= 11 is 7.43. The molecule has 0 aliphatic carbocycles. The second-order valence-corrected chi connectivity index (χ2v) is 6.28. The molecule has 106 valence electrons. The van der Waals surface area contributed by atoms with E-state index < -0.39 is 0 Å². The van der Waals surface area contributed by atoms with Gasteiger partial charge in [-0.2, -0.15) is 0 Å². The van der Waals surface area contributed by atoms with Crippen molar-refractivity contribution >= 4 is 29.3 Å². The molecule has 0 aromatic heterocycles. The van der Waals surface area contributed by atoms with Crippen LogP contribution in [0.5, 0.6) is 0 Å². The first-order valence-electron chi connectivity index (χ1n) is 6.37. The molecule has 0 radical (unpaired) electrons. The summed E-state index contributed by atoms with van der Waals surface area (Å²) in [6, 6.07) is 7.59. The summed E-state index contributed by atoms with van der Waals surface area (Å²) in [5, 5.41) is 3.63. The molecule has 0 saturated heterocycles. The summed E-state index contributed by atoms with van der Waals surface area (Å²) in [6.07, 6.45) is 0.807. The van der Waals surface area contributed by atoms with Crippen LogP contribution in [0.1, 0.15) is 13.3 Å². The molecule has 19 heavy (non-hydrogen) atoms. The largest absolute Gasteiger partial charge is 0.354 e. The van der Waals surface area contributed by atoms with Crippen molar-refractivity contribution in [2.24, 2.45) is 0 Å². The van der Waals surface area contributed by atoms with E-state index in [4.69, 9.17) is 11.6 Å². The van der Waals surface area contributed by atoms with Gasteiger partial charge in [-0.05, 0) is 44.8 Å². The number of amides is 1. The number of nitrogens with zero attached hydrogens (tertiary/aromatic N) is 1. The predicted molar refractivity (Wildman–Crippen MR) is 83.0 cm³/mol. The number of hydrogen-bond acceptors (Lipinski definition) is 3. The van der Waals surface area contributed by atoms with Gasteiger partial charge in [0.1, 0.15) is 0 Å². The molecule has 1 amide bonds. The monoisotopic (exact) mass is 300 g/mol. The summed E-state index contributed by atoms with van der Waals surface area (Å²) < 4.78 is 0. The maximum absolute atomic E-state index is 12.1. The Morgan fingerprint density at radius 1 is 1.37 bits per heavy atom. The van der Waals surface area contributed by atoms with E-state index in [1.165, 1.54) is 0 Å². The van der Waals surface area contributed by atoms with Gasteiger partial charge in [-0.15, -0.1) is 11.8 Å². The van der Waals surface area contributed by atoms with E-state index in [2.05, 4.69) is 5.32 Å². The molecule has 1 rings (SSSR count). The molecule has 0 aliphatic heterocycles. The van der Waals surface area contributed by atoms with Crippen molar-refractivity contribution in [2.75, 3.05) is 27.2 Å². The van der Waals surface area contributed by atoms with Crippen molar-refractivity contribution in [1.29, 1.82) is 0 Å². The first-order chi connectivity index (χ1) is 9.02. The minimum absolute atomic E-state index is 0.0525. The van der Waals surface area contributed by atoms with E-state index in [1.54, 1.807) is 11.8 Å². The molecular formula is C14H21ClN2OS. The van der Waals surface area contributed by atoms with Crippen molar-refractivity contribution in [3.63, 3.8) is 0 Å². The number of thioether (sulfide) groups is 1. The van der Waals surface area contributed by atoms with Crippen LogP contribution >= 0.6 is 23.4 Å². The lowest BCUT2D eigenvalue weighted by Gasteiger charge is -2.16. The number of benzene rings is 1. The molecule has 1 aromatic carbocycles. The van der Waals surface area contributed by atoms with Gasteiger partial charge in [0.15, 0.2) is 0 Å². The summed E-state index contributed by atoms with van der Waals surface area (Å²) in [5.41, 5.74) is 0. The van der Waals surface area contributed by atoms with Gasteiger partial charge < -0.3 is 10.2 Å². The summed E-state index contributed by atoms with van der Waals surface area (Å²) in [4.78, 5) is 15.2. The van der Waals surface area contributed by atoms with Crippen LogP contribution in [-0.2, 0) is 4.79 Å². The second-order valence-electron chi connectivity index (χ2n) is 4.56. The van der Waals surface area contributed by atoms with Crippen molar-refractivity contribution in [3.05, 3.63) is 29.3 Å². The highest BCUT2D eigenvalue weighted by Gasteiger charge is 2.17. The predicted octanol–water partition coefficient (Wildman–Crippen LogP) is 2.89. The molecule has 0 spiro atoms. The lowest BCUT2D eigenvalue weighted by Crippen LogP contribution is -2.36. The maximum Gasteiger partial charge on any atom is 0.233 e. The van der Waals surface area contributed by atoms with Gasteiger partial charge in [0.25, 0.3) is 0 Å².